The van der Waals surface area contributed by atoms with Gasteiger partial charge in [0, 0.05) is 12.7 Å². The summed E-state index contributed by atoms with van der Waals surface area (Å²) >= 11 is 0. The second-order valence-corrected chi connectivity index (χ2v) is 9.12. The van der Waals surface area contributed by atoms with Crippen LogP contribution < -0.4 is 18.7 Å². The summed E-state index contributed by atoms with van der Waals surface area (Å²) < 4.78 is 52.3. The highest BCUT2D eigenvalue weighted by atomic mass is 32.2. The number of nitrogens with zero attached hydrogens (tertiary/aromatic N) is 2. The Bertz CT molecular complexity index is 1230. The number of carbonyl (C=O) groups excluding carboxylic acids is 1. The number of anilines is 2. The molecule has 1 amide bonds. The SMILES string of the molecule is COc1ccc(N(CC(=O)N(C)c2ccc(F)cc2)S(=O)(=O)c2cc(C)ccc2OC)cc1. The molecular weight excluding hydrogens is 447 g/mol. The predicted molar refractivity (Wildman–Crippen MR) is 125 cm³/mol. The molecule has 3 rings (SSSR count). The monoisotopic (exact) mass is 472 g/mol. The van der Waals surface area contributed by atoms with Crippen molar-refractivity contribution in [2.75, 3.05) is 37.0 Å². The van der Waals surface area contributed by atoms with Crippen molar-refractivity contribution in [1.82, 2.24) is 0 Å². The van der Waals surface area contributed by atoms with E-state index in [0.717, 1.165) is 9.87 Å². The van der Waals surface area contributed by atoms with Crippen molar-refractivity contribution < 1.29 is 27.1 Å². The molecule has 0 saturated heterocycles. The number of halogens is 1. The van der Waals surface area contributed by atoms with Gasteiger partial charge in [0.25, 0.3) is 10.0 Å². The average Bonchev–Trinajstić information content (AvgIpc) is 2.82. The minimum Gasteiger partial charge on any atom is -0.497 e. The summed E-state index contributed by atoms with van der Waals surface area (Å²) in [6.45, 7) is 1.28. The van der Waals surface area contributed by atoms with Gasteiger partial charge in [-0.25, -0.2) is 12.8 Å². The maximum atomic E-state index is 13.8. The minimum absolute atomic E-state index is 0.0574. The molecule has 0 N–H and O–H groups in total. The molecule has 0 aliphatic heterocycles. The third-order valence-corrected chi connectivity index (χ3v) is 6.91. The zero-order valence-corrected chi connectivity index (χ0v) is 19.6. The molecule has 3 aromatic carbocycles. The van der Waals surface area contributed by atoms with Gasteiger partial charge >= 0.3 is 0 Å². The van der Waals surface area contributed by atoms with Gasteiger partial charge in [-0.3, -0.25) is 9.10 Å². The standard InChI is InChI=1S/C24H25FN2O5S/c1-17-5-14-22(32-4)23(15-17)33(29,30)27(20-10-12-21(31-3)13-11-20)16-24(28)26(2)19-8-6-18(25)7-9-19/h5-15H,16H2,1-4H3. The molecule has 0 unspecified atom stereocenters. The van der Waals surface area contributed by atoms with Crippen LogP contribution in [0.2, 0.25) is 0 Å². The number of ether oxygens (including phenoxy) is 2. The van der Waals surface area contributed by atoms with Crippen molar-refractivity contribution in [3.8, 4) is 11.5 Å². The van der Waals surface area contributed by atoms with Gasteiger partial charge in [0.2, 0.25) is 5.91 Å². The number of amides is 1. The Kier molecular flexibility index (Phi) is 7.23. The largest absolute Gasteiger partial charge is 0.497 e. The van der Waals surface area contributed by atoms with E-state index in [4.69, 9.17) is 9.47 Å². The zero-order chi connectivity index (χ0) is 24.2. The first kappa shape index (κ1) is 24.1. The van der Waals surface area contributed by atoms with Gasteiger partial charge < -0.3 is 14.4 Å². The number of carbonyl (C=O) groups is 1. The van der Waals surface area contributed by atoms with Gasteiger partial charge in [-0.1, -0.05) is 6.07 Å². The predicted octanol–water partition coefficient (Wildman–Crippen LogP) is 4.01. The molecule has 7 nitrogen and oxygen atoms in total. The Morgan fingerprint density at radius 3 is 2.09 bits per heavy atom. The van der Waals surface area contributed by atoms with Crippen molar-refractivity contribution >= 4 is 27.3 Å². The van der Waals surface area contributed by atoms with Crippen molar-refractivity contribution in [2.24, 2.45) is 0 Å². The van der Waals surface area contributed by atoms with E-state index in [-0.39, 0.29) is 16.3 Å². The molecule has 174 valence electrons. The summed E-state index contributed by atoms with van der Waals surface area (Å²) in [5, 5.41) is 0. The summed E-state index contributed by atoms with van der Waals surface area (Å²) in [5.41, 5.74) is 1.43. The highest BCUT2D eigenvalue weighted by Crippen LogP contribution is 2.32. The van der Waals surface area contributed by atoms with E-state index in [9.17, 15) is 17.6 Å². The first-order valence-corrected chi connectivity index (χ1v) is 11.4. The van der Waals surface area contributed by atoms with Crippen LogP contribution in [0.1, 0.15) is 5.56 Å². The van der Waals surface area contributed by atoms with Gasteiger partial charge in [0.15, 0.2) is 0 Å². The fraction of sp³-hybridized carbons (Fsp3) is 0.208. The highest BCUT2D eigenvalue weighted by molar-refractivity contribution is 7.93. The fourth-order valence-corrected chi connectivity index (χ4v) is 4.86. The zero-order valence-electron chi connectivity index (χ0n) is 18.8. The Morgan fingerprint density at radius 1 is 0.909 bits per heavy atom. The van der Waals surface area contributed by atoms with Crippen LogP contribution in [-0.4, -0.2) is 42.1 Å². The van der Waals surface area contributed by atoms with Crippen molar-refractivity contribution in [3.63, 3.8) is 0 Å². The normalized spacial score (nSPS) is 11.1. The third kappa shape index (κ3) is 5.25. The number of hydrogen-bond donors (Lipinski definition) is 0. The van der Waals surface area contributed by atoms with E-state index in [0.29, 0.717) is 11.4 Å². The number of likely N-dealkylation sites (N-methyl/N-ethyl adjacent to an activating group) is 1. The molecular formula is C24H25FN2O5S. The van der Waals surface area contributed by atoms with Crippen LogP contribution in [0.15, 0.2) is 71.6 Å². The minimum atomic E-state index is -4.20. The molecule has 0 aliphatic rings. The molecule has 3 aromatic rings. The lowest BCUT2D eigenvalue weighted by Crippen LogP contribution is -2.42. The maximum absolute atomic E-state index is 13.8. The molecule has 0 aliphatic carbocycles. The molecule has 0 fully saturated rings. The lowest BCUT2D eigenvalue weighted by molar-refractivity contribution is -0.116. The molecule has 0 radical (unpaired) electrons. The molecule has 0 spiro atoms. The van der Waals surface area contributed by atoms with E-state index < -0.39 is 28.3 Å². The van der Waals surface area contributed by atoms with Gasteiger partial charge in [-0.15, -0.1) is 0 Å². The van der Waals surface area contributed by atoms with E-state index in [2.05, 4.69) is 0 Å². The summed E-state index contributed by atoms with van der Waals surface area (Å²) in [4.78, 5) is 14.3. The van der Waals surface area contributed by atoms with Crippen LogP contribution in [0, 0.1) is 12.7 Å². The topological polar surface area (TPSA) is 76.2 Å². The van der Waals surface area contributed by atoms with Crippen LogP contribution in [0.5, 0.6) is 11.5 Å². The fourth-order valence-electron chi connectivity index (χ4n) is 3.21. The second kappa shape index (κ2) is 9.91. The summed E-state index contributed by atoms with van der Waals surface area (Å²) in [6, 6.07) is 16.5. The molecule has 0 atom stereocenters. The molecule has 0 heterocycles. The number of hydrogen-bond acceptors (Lipinski definition) is 5. The smallest absolute Gasteiger partial charge is 0.268 e. The third-order valence-electron chi connectivity index (χ3n) is 5.11. The van der Waals surface area contributed by atoms with Crippen LogP contribution in [-0.2, 0) is 14.8 Å². The van der Waals surface area contributed by atoms with Gasteiger partial charge in [0.1, 0.15) is 28.8 Å². The number of rotatable bonds is 8. The van der Waals surface area contributed by atoms with Gasteiger partial charge in [-0.05, 0) is 73.2 Å². The summed E-state index contributed by atoms with van der Waals surface area (Å²) in [7, 11) is 0.191. The van der Waals surface area contributed by atoms with Crippen LogP contribution in [0.3, 0.4) is 0 Å². The molecule has 33 heavy (non-hydrogen) atoms. The van der Waals surface area contributed by atoms with Crippen molar-refractivity contribution in [1.29, 1.82) is 0 Å². The number of aryl methyl sites for hydroxylation is 1. The van der Waals surface area contributed by atoms with E-state index >= 15 is 0 Å². The van der Waals surface area contributed by atoms with Crippen LogP contribution in [0.25, 0.3) is 0 Å². The summed E-state index contributed by atoms with van der Waals surface area (Å²) in [6.07, 6.45) is 0. The van der Waals surface area contributed by atoms with Gasteiger partial charge in [-0.2, -0.15) is 0 Å². The van der Waals surface area contributed by atoms with Crippen molar-refractivity contribution in [3.05, 3.63) is 78.1 Å². The molecule has 9 heteroatoms. The lowest BCUT2D eigenvalue weighted by atomic mass is 10.2. The average molecular weight is 473 g/mol. The number of benzene rings is 3. The maximum Gasteiger partial charge on any atom is 0.268 e. The van der Waals surface area contributed by atoms with E-state index in [1.807, 2.05) is 0 Å². The molecule has 0 bridgehead atoms. The second-order valence-electron chi connectivity index (χ2n) is 7.29. The Morgan fingerprint density at radius 2 is 1.52 bits per heavy atom. The Hall–Kier alpha value is -3.59. The van der Waals surface area contributed by atoms with E-state index in [1.54, 1.807) is 43.3 Å². The molecule has 0 saturated carbocycles. The molecule has 0 aromatic heterocycles. The van der Waals surface area contributed by atoms with Gasteiger partial charge in [0.05, 0.1) is 19.9 Å². The van der Waals surface area contributed by atoms with Crippen molar-refractivity contribution in [2.45, 2.75) is 11.8 Å². The lowest BCUT2D eigenvalue weighted by Gasteiger charge is -2.27. The first-order valence-electron chi connectivity index (χ1n) is 10.0. The number of methoxy groups -OCH3 is 2. The highest BCUT2D eigenvalue weighted by Gasteiger charge is 2.31. The number of sulfonamides is 1. The summed E-state index contributed by atoms with van der Waals surface area (Å²) in [5.74, 6) is -0.237. The van der Waals surface area contributed by atoms with Crippen LogP contribution in [0.4, 0.5) is 15.8 Å². The first-order chi connectivity index (χ1) is 15.7. The Labute approximate surface area is 193 Å². The van der Waals surface area contributed by atoms with Crippen LogP contribution >= 0.6 is 0 Å². The van der Waals surface area contributed by atoms with E-state index in [1.165, 1.54) is 56.5 Å². The quantitative estimate of drug-likeness (QED) is 0.495. The Balaban J connectivity index is 2.05.